The van der Waals surface area contributed by atoms with E-state index in [1.165, 1.54) is 18.1 Å². The highest BCUT2D eigenvalue weighted by molar-refractivity contribution is 9.10. The molecule has 1 aliphatic heterocycles. The van der Waals surface area contributed by atoms with Crippen molar-refractivity contribution in [3.63, 3.8) is 0 Å². The lowest BCUT2D eigenvalue weighted by Gasteiger charge is -2.53. The van der Waals surface area contributed by atoms with E-state index in [9.17, 15) is 9.50 Å². The Hall–Kier alpha value is -1.39. The van der Waals surface area contributed by atoms with Crippen LogP contribution in [0.4, 0.5) is 4.39 Å². The Morgan fingerprint density at radius 2 is 1.92 bits per heavy atom. The lowest BCUT2D eigenvalue weighted by atomic mass is 9.57. The standard InChI is InChI=1S/C20H21BrFNO/c1-23-10-7-13-11-17(22)18(24)12-16(13)19(23)20(8-2-9-20)14-3-5-15(21)6-4-14/h3-6,11-12,19,24H,2,7-10H2,1H3. The first-order valence-corrected chi connectivity index (χ1v) is 9.28. The summed E-state index contributed by atoms with van der Waals surface area (Å²) in [5.74, 6) is -0.748. The van der Waals surface area contributed by atoms with Crippen molar-refractivity contribution in [3.05, 3.63) is 63.4 Å². The summed E-state index contributed by atoms with van der Waals surface area (Å²) >= 11 is 3.52. The molecular formula is C20H21BrFNO. The summed E-state index contributed by atoms with van der Waals surface area (Å²) < 4.78 is 14.9. The van der Waals surface area contributed by atoms with Gasteiger partial charge in [-0.3, -0.25) is 4.90 Å². The second-order valence-electron chi connectivity index (χ2n) is 7.15. The molecule has 1 atom stereocenters. The Morgan fingerprint density at radius 3 is 2.54 bits per heavy atom. The van der Waals surface area contributed by atoms with Crippen LogP contribution in [-0.2, 0) is 11.8 Å². The van der Waals surface area contributed by atoms with Crippen LogP contribution < -0.4 is 0 Å². The molecule has 24 heavy (non-hydrogen) atoms. The molecule has 126 valence electrons. The molecule has 2 aromatic carbocycles. The third-order valence-electron chi connectivity index (χ3n) is 5.87. The Balaban J connectivity index is 1.85. The van der Waals surface area contributed by atoms with Crippen molar-refractivity contribution in [2.45, 2.75) is 37.1 Å². The van der Waals surface area contributed by atoms with Gasteiger partial charge in [-0.1, -0.05) is 34.5 Å². The summed E-state index contributed by atoms with van der Waals surface area (Å²) in [5.41, 5.74) is 3.52. The number of aromatic hydroxyl groups is 1. The molecule has 1 saturated carbocycles. The highest BCUT2D eigenvalue weighted by atomic mass is 79.9. The summed E-state index contributed by atoms with van der Waals surface area (Å²) in [6.45, 7) is 0.917. The molecule has 4 rings (SSSR count). The predicted octanol–water partition coefficient (Wildman–Crippen LogP) is 4.94. The highest BCUT2D eigenvalue weighted by Gasteiger charge is 2.49. The fourth-order valence-corrected chi connectivity index (χ4v) is 4.80. The van der Waals surface area contributed by atoms with Crippen LogP contribution >= 0.6 is 15.9 Å². The topological polar surface area (TPSA) is 23.5 Å². The zero-order valence-corrected chi connectivity index (χ0v) is 15.3. The minimum atomic E-state index is -0.511. The lowest BCUT2D eigenvalue weighted by molar-refractivity contribution is 0.0714. The molecule has 2 aromatic rings. The van der Waals surface area contributed by atoms with E-state index in [1.807, 2.05) is 0 Å². The van der Waals surface area contributed by atoms with Crippen molar-refractivity contribution in [3.8, 4) is 5.75 Å². The maximum absolute atomic E-state index is 13.8. The zero-order chi connectivity index (χ0) is 16.9. The summed E-state index contributed by atoms with van der Waals surface area (Å²) in [6.07, 6.45) is 4.29. The van der Waals surface area contributed by atoms with Crippen molar-refractivity contribution >= 4 is 15.9 Å². The minimum absolute atomic E-state index is 0.0505. The maximum atomic E-state index is 13.8. The molecule has 0 spiro atoms. The molecule has 0 radical (unpaired) electrons. The molecule has 0 bridgehead atoms. The monoisotopic (exact) mass is 389 g/mol. The summed E-state index contributed by atoms with van der Waals surface area (Å²) in [4.78, 5) is 2.38. The van der Waals surface area contributed by atoms with Gasteiger partial charge in [0.05, 0.1) is 0 Å². The maximum Gasteiger partial charge on any atom is 0.165 e. The molecule has 1 heterocycles. The van der Waals surface area contributed by atoms with E-state index >= 15 is 0 Å². The van der Waals surface area contributed by atoms with E-state index in [0.717, 1.165) is 41.4 Å². The Morgan fingerprint density at radius 1 is 1.21 bits per heavy atom. The zero-order valence-electron chi connectivity index (χ0n) is 13.7. The average Bonchev–Trinajstić information content (AvgIpc) is 2.52. The molecule has 1 unspecified atom stereocenters. The van der Waals surface area contributed by atoms with Crippen molar-refractivity contribution < 1.29 is 9.50 Å². The van der Waals surface area contributed by atoms with Crippen molar-refractivity contribution in [1.82, 2.24) is 4.90 Å². The SMILES string of the molecule is CN1CCc2cc(F)c(O)cc2C1C1(c2ccc(Br)cc2)CCC1. The molecule has 2 nitrogen and oxygen atoms in total. The normalized spacial score (nSPS) is 22.7. The van der Waals surface area contributed by atoms with Gasteiger partial charge < -0.3 is 5.11 Å². The first kappa shape index (κ1) is 16.1. The number of fused-ring (bicyclic) bond motifs is 1. The van der Waals surface area contributed by atoms with Gasteiger partial charge in [-0.15, -0.1) is 0 Å². The number of nitrogens with zero attached hydrogens (tertiary/aromatic N) is 1. The number of hydrogen-bond donors (Lipinski definition) is 1. The van der Waals surface area contributed by atoms with E-state index in [4.69, 9.17) is 0 Å². The Kier molecular flexibility index (Phi) is 3.92. The second kappa shape index (κ2) is 5.85. The van der Waals surface area contributed by atoms with Gasteiger partial charge in [0.2, 0.25) is 0 Å². The van der Waals surface area contributed by atoms with Gasteiger partial charge >= 0.3 is 0 Å². The molecule has 0 amide bonds. The fraction of sp³-hybridized carbons (Fsp3) is 0.400. The minimum Gasteiger partial charge on any atom is -0.505 e. The van der Waals surface area contributed by atoms with Crippen molar-refractivity contribution in [1.29, 1.82) is 0 Å². The number of rotatable bonds is 2. The van der Waals surface area contributed by atoms with Crippen molar-refractivity contribution in [2.75, 3.05) is 13.6 Å². The number of phenols is 1. The molecule has 0 aromatic heterocycles. The van der Waals surface area contributed by atoms with Crippen LogP contribution in [0.2, 0.25) is 0 Å². The number of phenolic OH excluding ortho intramolecular Hbond substituents is 1. The van der Waals surface area contributed by atoms with E-state index in [0.29, 0.717) is 0 Å². The fourth-order valence-electron chi connectivity index (χ4n) is 4.53. The van der Waals surface area contributed by atoms with Crippen LogP contribution in [0.5, 0.6) is 5.75 Å². The van der Waals surface area contributed by atoms with Crippen molar-refractivity contribution in [2.24, 2.45) is 0 Å². The van der Waals surface area contributed by atoms with Gasteiger partial charge in [-0.25, -0.2) is 4.39 Å². The Labute approximate surface area is 150 Å². The van der Waals surface area contributed by atoms with E-state index in [-0.39, 0.29) is 17.2 Å². The molecule has 1 N–H and O–H groups in total. The highest BCUT2D eigenvalue weighted by Crippen LogP contribution is 2.56. The van der Waals surface area contributed by atoms with Crippen LogP contribution in [0.1, 0.15) is 42.0 Å². The average molecular weight is 390 g/mol. The van der Waals surface area contributed by atoms with Gasteiger partial charge in [0.15, 0.2) is 11.6 Å². The number of likely N-dealkylation sites (N-methyl/N-ethyl adjacent to an activating group) is 1. The molecule has 0 saturated heterocycles. The lowest BCUT2D eigenvalue weighted by Crippen LogP contribution is -2.49. The number of benzene rings is 2. The quantitative estimate of drug-likeness (QED) is 0.785. The third kappa shape index (κ3) is 2.39. The van der Waals surface area contributed by atoms with Crippen LogP contribution in [0.15, 0.2) is 40.9 Å². The molecule has 1 aliphatic carbocycles. The molecule has 4 heteroatoms. The van der Waals surface area contributed by atoms with E-state index in [1.54, 1.807) is 6.07 Å². The van der Waals surface area contributed by atoms with Gasteiger partial charge in [0.25, 0.3) is 0 Å². The smallest absolute Gasteiger partial charge is 0.165 e. The largest absolute Gasteiger partial charge is 0.505 e. The second-order valence-corrected chi connectivity index (χ2v) is 8.07. The predicted molar refractivity (Wildman–Crippen MR) is 96.8 cm³/mol. The van der Waals surface area contributed by atoms with Gasteiger partial charge in [0.1, 0.15) is 0 Å². The molecule has 1 fully saturated rings. The number of halogens is 2. The summed E-state index contributed by atoms with van der Waals surface area (Å²) in [5, 5.41) is 9.94. The van der Waals surface area contributed by atoms with Crippen LogP contribution in [-0.4, -0.2) is 23.6 Å². The Bertz CT molecular complexity index is 770. The van der Waals surface area contributed by atoms with Crippen LogP contribution in [0, 0.1) is 5.82 Å². The van der Waals surface area contributed by atoms with Gasteiger partial charge in [-0.05, 0) is 67.3 Å². The molecule has 2 aliphatic rings. The third-order valence-corrected chi connectivity index (χ3v) is 6.39. The van der Waals surface area contributed by atoms with E-state index in [2.05, 4.69) is 52.1 Å². The van der Waals surface area contributed by atoms with E-state index < -0.39 is 5.82 Å². The number of hydrogen-bond acceptors (Lipinski definition) is 2. The summed E-state index contributed by atoms with van der Waals surface area (Å²) in [7, 11) is 2.15. The van der Waals surface area contributed by atoms with Crippen LogP contribution in [0.3, 0.4) is 0 Å². The van der Waals surface area contributed by atoms with Crippen LogP contribution in [0.25, 0.3) is 0 Å². The first-order chi connectivity index (χ1) is 11.5. The van der Waals surface area contributed by atoms with Gasteiger partial charge in [0, 0.05) is 22.5 Å². The molecular weight excluding hydrogens is 369 g/mol. The summed E-state index contributed by atoms with van der Waals surface area (Å²) in [6, 6.07) is 12.0. The van der Waals surface area contributed by atoms with Gasteiger partial charge in [-0.2, -0.15) is 0 Å². The first-order valence-electron chi connectivity index (χ1n) is 8.49.